The van der Waals surface area contributed by atoms with Gasteiger partial charge in [-0.15, -0.1) is 0 Å². The van der Waals surface area contributed by atoms with Crippen LogP contribution in [0.5, 0.6) is 5.75 Å². The van der Waals surface area contributed by atoms with Crippen molar-refractivity contribution in [3.05, 3.63) is 114 Å². The van der Waals surface area contributed by atoms with Gasteiger partial charge < -0.3 is 39.6 Å². The first-order valence-electron chi connectivity index (χ1n) is 19.0. The minimum atomic E-state index is -1.48. The molecule has 308 valence electrons. The molecule has 4 aromatic rings. The zero-order valence-corrected chi connectivity index (χ0v) is 33.6. The third-order valence-electron chi connectivity index (χ3n) is 9.52. The Hall–Kier alpha value is -6.09. The summed E-state index contributed by atoms with van der Waals surface area (Å²) in [5, 5.41) is 7.97. The van der Waals surface area contributed by atoms with E-state index in [0.29, 0.717) is 42.8 Å². The number of likely N-dealkylation sites (tertiary alicyclic amines) is 1. The predicted octanol–water partition coefficient (Wildman–Crippen LogP) is 5.69. The van der Waals surface area contributed by atoms with Crippen molar-refractivity contribution in [2.24, 2.45) is 5.92 Å². The number of piperidine rings is 1. The second-order valence-corrected chi connectivity index (χ2v) is 15.6. The highest BCUT2D eigenvalue weighted by Crippen LogP contribution is 2.29. The summed E-state index contributed by atoms with van der Waals surface area (Å²) in [5.74, 6) is -1.68. The number of amides is 4. The zero-order valence-electron chi connectivity index (χ0n) is 33.6. The topological polar surface area (TPSA) is 170 Å². The summed E-state index contributed by atoms with van der Waals surface area (Å²) in [4.78, 5) is 73.4. The SMILES string of the molecule is COc1ccc(C(C(=O)N2CCC(C(=O)c3ccc(F)cc3)CC2)n2cnc(NC(=O)C(COCc3ccccc3)NC(=O)C(C)(C)NC(=O)OC(C)(C)C)c2)cc1. The molecule has 58 heavy (non-hydrogen) atoms. The number of methoxy groups -OCH3 is 1. The number of imidazole rings is 1. The van der Waals surface area contributed by atoms with Gasteiger partial charge in [-0.3, -0.25) is 19.2 Å². The summed E-state index contributed by atoms with van der Waals surface area (Å²) in [6, 6.07) is 19.7. The fourth-order valence-corrected chi connectivity index (χ4v) is 6.38. The summed E-state index contributed by atoms with van der Waals surface area (Å²) in [6.07, 6.45) is 3.02. The van der Waals surface area contributed by atoms with E-state index in [2.05, 4.69) is 20.9 Å². The molecular formula is C43H51FN6O8. The Bertz CT molecular complexity index is 2040. The molecule has 5 rings (SSSR count). The highest BCUT2D eigenvalue weighted by atomic mass is 19.1. The van der Waals surface area contributed by atoms with Crippen molar-refractivity contribution in [3.63, 3.8) is 0 Å². The molecule has 2 unspecified atom stereocenters. The summed E-state index contributed by atoms with van der Waals surface area (Å²) in [6.45, 7) is 8.66. The van der Waals surface area contributed by atoms with Gasteiger partial charge in [0.25, 0.3) is 5.91 Å². The van der Waals surface area contributed by atoms with Crippen molar-refractivity contribution >= 4 is 35.4 Å². The lowest BCUT2D eigenvalue weighted by Gasteiger charge is -2.34. The molecule has 1 aromatic heterocycles. The summed E-state index contributed by atoms with van der Waals surface area (Å²) in [5.41, 5.74) is -0.354. The number of aromatic nitrogens is 2. The van der Waals surface area contributed by atoms with Crippen LogP contribution in [0.1, 0.15) is 75.0 Å². The van der Waals surface area contributed by atoms with Gasteiger partial charge in [-0.25, -0.2) is 14.2 Å². The molecule has 0 aliphatic carbocycles. The molecule has 1 fully saturated rings. The van der Waals surface area contributed by atoms with Gasteiger partial charge in [0.05, 0.1) is 26.7 Å². The summed E-state index contributed by atoms with van der Waals surface area (Å²) < 4.78 is 31.6. The quantitative estimate of drug-likeness (QED) is 0.128. The third kappa shape index (κ3) is 11.7. The average Bonchev–Trinajstić information content (AvgIpc) is 3.64. The Morgan fingerprint density at radius 2 is 1.55 bits per heavy atom. The van der Waals surface area contributed by atoms with Crippen molar-refractivity contribution in [1.29, 1.82) is 0 Å². The molecule has 1 aliphatic rings. The summed E-state index contributed by atoms with van der Waals surface area (Å²) >= 11 is 0. The smallest absolute Gasteiger partial charge is 0.408 e. The second kappa shape index (κ2) is 18.9. The lowest BCUT2D eigenvalue weighted by atomic mass is 9.88. The first kappa shape index (κ1) is 43.0. The van der Waals surface area contributed by atoms with E-state index in [1.165, 1.54) is 50.6 Å². The largest absolute Gasteiger partial charge is 0.497 e. The number of anilines is 1. The van der Waals surface area contributed by atoms with E-state index < -0.39 is 46.9 Å². The van der Waals surface area contributed by atoms with E-state index in [1.807, 2.05) is 30.3 Å². The van der Waals surface area contributed by atoms with E-state index >= 15 is 0 Å². The van der Waals surface area contributed by atoms with Crippen molar-refractivity contribution in [2.75, 3.05) is 32.1 Å². The van der Waals surface area contributed by atoms with Crippen LogP contribution in [0, 0.1) is 11.7 Å². The standard InChI is InChI=1S/C43H51FN6O8/c1-42(2,3)58-41(55)48-43(4,5)40(54)46-34(26-57-25-28-10-8-7-9-11-28)38(52)47-35-24-50(27-45-35)36(29-14-18-33(56-6)19-15-29)39(53)49-22-20-31(21-23-49)37(51)30-12-16-32(44)17-13-30/h7-19,24,27,31,34,36H,20-23,25-26H2,1-6H3,(H,46,54)(H,47,52)(H,48,55). The number of ether oxygens (including phenoxy) is 3. The van der Waals surface area contributed by atoms with Crippen LogP contribution in [0.2, 0.25) is 0 Å². The van der Waals surface area contributed by atoms with Gasteiger partial charge in [-0.2, -0.15) is 0 Å². The molecule has 1 saturated heterocycles. The van der Waals surface area contributed by atoms with Crippen LogP contribution in [-0.4, -0.2) is 88.0 Å². The number of nitrogens with zero attached hydrogens (tertiary/aromatic N) is 3. The molecule has 0 bridgehead atoms. The maximum Gasteiger partial charge on any atom is 0.408 e. The minimum Gasteiger partial charge on any atom is -0.497 e. The number of halogens is 1. The van der Waals surface area contributed by atoms with E-state index in [1.54, 1.807) is 61.6 Å². The molecule has 4 amide bonds. The van der Waals surface area contributed by atoms with Crippen LogP contribution in [0.25, 0.3) is 0 Å². The van der Waals surface area contributed by atoms with E-state index in [-0.39, 0.29) is 36.6 Å². The van der Waals surface area contributed by atoms with Crippen LogP contribution in [0.3, 0.4) is 0 Å². The molecule has 1 aliphatic heterocycles. The zero-order chi connectivity index (χ0) is 42.0. The Kier molecular flexibility index (Phi) is 14.0. The molecule has 3 aromatic carbocycles. The predicted molar refractivity (Wildman–Crippen MR) is 214 cm³/mol. The van der Waals surface area contributed by atoms with Gasteiger partial charge in [0.15, 0.2) is 11.6 Å². The normalized spacial score (nSPS) is 14.5. The third-order valence-corrected chi connectivity index (χ3v) is 9.52. The van der Waals surface area contributed by atoms with Gasteiger partial charge in [-0.1, -0.05) is 42.5 Å². The van der Waals surface area contributed by atoms with Gasteiger partial charge >= 0.3 is 6.09 Å². The fourth-order valence-electron chi connectivity index (χ4n) is 6.38. The van der Waals surface area contributed by atoms with Crippen molar-refractivity contribution < 1.29 is 42.6 Å². The van der Waals surface area contributed by atoms with Crippen molar-refractivity contribution in [1.82, 2.24) is 25.1 Å². The molecule has 14 nitrogen and oxygen atoms in total. The molecule has 2 atom stereocenters. The lowest BCUT2D eigenvalue weighted by molar-refractivity contribution is -0.134. The number of ketones is 1. The molecule has 0 saturated carbocycles. The number of Topliss-reactive ketones (excluding diaryl/α,β-unsaturated/α-hetero) is 1. The second-order valence-electron chi connectivity index (χ2n) is 15.6. The van der Waals surface area contributed by atoms with Gasteiger partial charge in [0.1, 0.15) is 34.8 Å². The lowest BCUT2D eigenvalue weighted by Crippen LogP contribution is -2.59. The first-order chi connectivity index (χ1) is 27.5. The molecule has 0 radical (unpaired) electrons. The number of nitrogens with one attached hydrogen (secondary N) is 3. The number of carbonyl (C=O) groups is 5. The average molecular weight is 799 g/mol. The Morgan fingerprint density at radius 3 is 2.17 bits per heavy atom. The Labute approximate surface area is 337 Å². The van der Waals surface area contributed by atoms with Crippen LogP contribution in [-0.2, 0) is 30.5 Å². The van der Waals surface area contributed by atoms with Crippen LogP contribution < -0.4 is 20.7 Å². The highest BCUT2D eigenvalue weighted by Gasteiger charge is 2.36. The number of rotatable bonds is 15. The van der Waals surface area contributed by atoms with Gasteiger partial charge in [0.2, 0.25) is 11.8 Å². The van der Waals surface area contributed by atoms with Crippen LogP contribution in [0.15, 0.2) is 91.4 Å². The number of hydrogen-bond donors (Lipinski definition) is 3. The number of benzene rings is 3. The van der Waals surface area contributed by atoms with E-state index in [0.717, 1.165) is 5.56 Å². The first-order valence-corrected chi connectivity index (χ1v) is 19.0. The Morgan fingerprint density at radius 1 is 0.897 bits per heavy atom. The summed E-state index contributed by atoms with van der Waals surface area (Å²) in [7, 11) is 1.54. The van der Waals surface area contributed by atoms with Crippen LogP contribution >= 0.6 is 0 Å². The van der Waals surface area contributed by atoms with Gasteiger partial charge in [-0.05, 0) is 95.0 Å². The number of alkyl carbamates (subject to hydrolysis) is 1. The number of hydrogen-bond acceptors (Lipinski definition) is 9. The highest BCUT2D eigenvalue weighted by molar-refractivity contribution is 5.99. The van der Waals surface area contributed by atoms with Crippen molar-refractivity contribution in [2.45, 2.75) is 77.3 Å². The van der Waals surface area contributed by atoms with Crippen molar-refractivity contribution in [3.8, 4) is 5.75 Å². The van der Waals surface area contributed by atoms with Crippen LogP contribution in [0.4, 0.5) is 15.0 Å². The maximum absolute atomic E-state index is 14.3. The fraction of sp³-hybridized carbons (Fsp3) is 0.395. The molecular weight excluding hydrogens is 748 g/mol. The Balaban J connectivity index is 1.32. The number of carbonyl (C=O) groups excluding carboxylic acids is 5. The minimum absolute atomic E-state index is 0.0865. The van der Waals surface area contributed by atoms with Gasteiger partial charge in [0, 0.05) is 30.8 Å². The molecule has 2 heterocycles. The maximum atomic E-state index is 14.3. The molecule has 0 spiro atoms. The monoisotopic (exact) mass is 798 g/mol. The molecule has 15 heteroatoms. The van der Waals surface area contributed by atoms with E-state index in [9.17, 15) is 28.4 Å². The molecule has 3 N–H and O–H groups in total. The van der Waals surface area contributed by atoms with E-state index in [4.69, 9.17) is 14.2 Å².